The summed E-state index contributed by atoms with van der Waals surface area (Å²) in [6, 6.07) is 9.43. The van der Waals surface area contributed by atoms with Crippen molar-refractivity contribution < 1.29 is 19.4 Å². The third kappa shape index (κ3) is 3.94. The van der Waals surface area contributed by atoms with Crippen LogP contribution in [0.4, 0.5) is 4.39 Å². The standard InChI is InChI=1S/C18H20FNO3/c1-11-3-4-13(7-12(11)2)14-5-6-16(17(19)8-14)18(23)20-15(9-21)10-22/h3-8,15,21-22H,9-10H2,1-2H3,(H,20,23). The van der Waals surface area contributed by atoms with Crippen molar-refractivity contribution in [3.8, 4) is 11.1 Å². The Morgan fingerprint density at radius 2 is 1.65 bits per heavy atom. The number of rotatable bonds is 5. The first kappa shape index (κ1) is 17.1. The lowest BCUT2D eigenvalue weighted by molar-refractivity contribution is 0.0875. The summed E-state index contributed by atoms with van der Waals surface area (Å²) in [5, 5.41) is 20.3. The Morgan fingerprint density at radius 3 is 2.22 bits per heavy atom. The molecule has 2 aromatic carbocycles. The Kier molecular flexibility index (Phi) is 5.47. The van der Waals surface area contributed by atoms with Crippen LogP contribution in [0.15, 0.2) is 36.4 Å². The SMILES string of the molecule is Cc1ccc(-c2ccc(C(=O)NC(CO)CO)c(F)c2)cc1C. The molecule has 0 unspecified atom stereocenters. The van der Waals surface area contributed by atoms with Crippen molar-refractivity contribution in [2.75, 3.05) is 13.2 Å². The van der Waals surface area contributed by atoms with E-state index in [0.29, 0.717) is 5.56 Å². The fraction of sp³-hybridized carbons (Fsp3) is 0.278. The maximum absolute atomic E-state index is 14.2. The van der Waals surface area contributed by atoms with Crippen LogP contribution in [-0.2, 0) is 0 Å². The second-order valence-corrected chi connectivity index (χ2v) is 5.53. The summed E-state index contributed by atoms with van der Waals surface area (Å²) in [5.41, 5.74) is 3.71. The van der Waals surface area contributed by atoms with Gasteiger partial charge in [0.25, 0.3) is 5.91 Å². The van der Waals surface area contributed by atoms with E-state index in [0.717, 1.165) is 16.7 Å². The van der Waals surface area contributed by atoms with Gasteiger partial charge in [0.2, 0.25) is 0 Å². The van der Waals surface area contributed by atoms with Crippen LogP contribution >= 0.6 is 0 Å². The van der Waals surface area contributed by atoms with Gasteiger partial charge in [0.1, 0.15) is 5.82 Å². The number of halogens is 1. The largest absolute Gasteiger partial charge is 0.394 e. The van der Waals surface area contributed by atoms with Crippen molar-refractivity contribution >= 4 is 5.91 Å². The molecule has 4 nitrogen and oxygen atoms in total. The number of aliphatic hydroxyl groups excluding tert-OH is 2. The van der Waals surface area contributed by atoms with Crippen LogP contribution in [0.5, 0.6) is 0 Å². The average Bonchev–Trinajstić information content (AvgIpc) is 2.54. The summed E-state index contributed by atoms with van der Waals surface area (Å²) in [7, 11) is 0. The number of carbonyl (C=O) groups excluding carboxylic acids is 1. The van der Waals surface area contributed by atoms with Crippen LogP contribution in [0.3, 0.4) is 0 Å². The van der Waals surface area contributed by atoms with Crippen LogP contribution in [0, 0.1) is 19.7 Å². The first-order valence-corrected chi connectivity index (χ1v) is 7.36. The van der Waals surface area contributed by atoms with Crippen molar-refractivity contribution in [2.24, 2.45) is 0 Å². The quantitative estimate of drug-likeness (QED) is 0.792. The van der Waals surface area contributed by atoms with Crippen molar-refractivity contribution in [3.05, 3.63) is 58.9 Å². The Balaban J connectivity index is 2.26. The van der Waals surface area contributed by atoms with Crippen molar-refractivity contribution in [2.45, 2.75) is 19.9 Å². The molecule has 2 aromatic rings. The van der Waals surface area contributed by atoms with E-state index in [1.807, 2.05) is 32.0 Å². The fourth-order valence-electron chi connectivity index (χ4n) is 2.21. The molecule has 0 saturated carbocycles. The van der Waals surface area contributed by atoms with Gasteiger partial charge in [-0.1, -0.05) is 24.3 Å². The molecule has 2 rings (SSSR count). The van der Waals surface area contributed by atoms with E-state index in [1.54, 1.807) is 6.07 Å². The molecule has 3 N–H and O–H groups in total. The summed E-state index contributed by atoms with van der Waals surface area (Å²) in [6.45, 7) is 3.17. The molecule has 0 atom stereocenters. The minimum absolute atomic E-state index is 0.121. The monoisotopic (exact) mass is 317 g/mol. The highest BCUT2D eigenvalue weighted by atomic mass is 19.1. The summed E-state index contributed by atoms with van der Waals surface area (Å²) >= 11 is 0. The predicted octanol–water partition coefficient (Wildman–Crippen LogP) is 2.19. The van der Waals surface area contributed by atoms with Crippen molar-refractivity contribution in [1.82, 2.24) is 5.32 Å². The Hall–Kier alpha value is -2.24. The van der Waals surface area contributed by atoms with Crippen LogP contribution < -0.4 is 5.32 Å². The number of aliphatic hydroxyl groups is 2. The number of benzene rings is 2. The number of nitrogens with one attached hydrogen (secondary N) is 1. The third-order valence-corrected chi connectivity index (χ3v) is 3.83. The molecular formula is C18H20FNO3. The van der Waals surface area contributed by atoms with E-state index in [-0.39, 0.29) is 5.56 Å². The Bertz CT molecular complexity index is 711. The summed E-state index contributed by atoms with van der Waals surface area (Å²) in [6.07, 6.45) is 0. The van der Waals surface area contributed by atoms with Gasteiger partial charge in [-0.2, -0.15) is 0 Å². The van der Waals surface area contributed by atoms with Gasteiger partial charge in [0.05, 0.1) is 24.8 Å². The van der Waals surface area contributed by atoms with Gasteiger partial charge in [0, 0.05) is 0 Å². The summed E-state index contributed by atoms with van der Waals surface area (Å²) in [4.78, 5) is 12.0. The molecule has 0 fully saturated rings. The normalized spacial score (nSPS) is 10.9. The van der Waals surface area contributed by atoms with Gasteiger partial charge in [-0.05, 0) is 48.2 Å². The maximum atomic E-state index is 14.2. The van der Waals surface area contributed by atoms with Gasteiger partial charge < -0.3 is 15.5 Å². The molecule has 122 valence electrons. The number of aryl methyl sites for hydroxylation is 2. The Morgan fingerprint density at radius 1 is 1.04 bits per heavy atom. The van der Waals surface area contributed by atoms with Gasteiger partial charge in [-0.15, -0.1) is 0 Å². The van der Waals surface area contributed by atoms with Crippen LogP contribution in [-0.4, -0.2) is 35.4 Å². The van der Waals surface area contributed by atoms with Crippen LogP contribution in [0.1, 0.15) is 21.5 Å². The maximum Gasteiger partial charge on any atom is 0.254 e. The molecular weight excluding hydrogens is 297 g/mol. The summed E-state index contributed by atoms with van der Waals surface area (Å²) < 4.78 is 14.2. The first-order valence-electron chi connectivity index (χ1n) is 7.36. The predicted molar refractivity (Wildman–Crippen MR) is 86.7 cm³/mol. The molecule has 0 aliphatic rings. The topological polar surface area (TPSA) is 69.6 Å². The summed E-state index contributed by atoms with van der Waals surface area (Å²) in [5.74, 6) is -1.31. The van der Waals surface area contributed by atoms with Gasteiger partial charge in [-0.25, -0.2) is 4.39 Å². The van der Waals surface area contributed by atoms with E-state index >= 15 is 0 Å². The highest BCUT2D eigenvalue weighted by Gasteiger charge is 2.16. The van der Waals surface area contributed by atoms with Gasteiger partial charge in [0.15, 0.2) is 0 Å². The molecule has 0 bridgehead atoms. The molecule has 5 heteroatoms. The Labute approximate surface area is 134 Å². The van der Waals surface area contributed by atoms with E-state index in [9.17, 15) is 9.18 Å². The van der Waals surface area contributed by atoms with Crippen molar-refractivity contribution in [3.63, 3.8) is 0 Å². The molecule has 0 aliphatic heterocycles. The lowest BCUT2D eigenvalue weighted by Crippen LogP contribution is -2.40. The molecule has 1 amide bonds. The van der Waals surface area contributed by atoms with E-state index in [1.165, 1.54) is 12.1 Å². The van der Waals surface area contributed by atoms with Crippen LogP contribution in [0.2, 0.25) is 0 Å². The molecule has 0 aromatic heterocycles. The number of hydrogen-bond donors (Lipinski definition) is 3. The lowest BCUT2D eigenvalue weighted by Gasteiger charge is -2.14. The van der Waals surface area contributed by atoms with E-state index < -0.39 is 31.0 Å². The molecule has 0 aliphatic carbocycles. The number of amides is 1. The average molecular weight is 317 g/mol. The fourth-order valence-corrected chi connectivity index (χ4v) is 2.21. The number of hydrogen-bond acceptors (Lipinski definition) is 3. The highest BCUT2D eigenvalue weighted by molar-refractivity contribution is 5.95. The third-order valence-electron chi connectivity index (χ3n) is 3.83. The first-order chi connectivity index (χ1) is 11.0. The van der Waals surface area contributed by atoms with E-state index in [4.69, 9.17) is 10.2 Å². The molecule has 0 heterocycles. The molecule has 23 heavy (non-hydrogen) atoms. The van der Waals surface area contributed by atoms with Gasteiger partial charge in [-0.3, -0.25) is 4.79 Å². The lowest BCUT2D eigenvalue weighted by atomic mass is 9.99. The minimum Gasteiger partial charge on any atom is -0.394 e. The second-order valence-electron chi connectivity index (χ2n) is 5.53. The molecule has 0 spiro atoms. The van der Waals surface area contributed by atoms with Crippen LogP contribution in [0.25, 0.3) is 11.1 Å². The second kappa shape index (κ2) is 7.35. The zero-order valence-corrected chi connectivity index (χ0v) is 13.1. The smallest absolute Gasteiger partial charge is 0.254 e. The number of carbonyl (C=O) groups is 1. The zero-order chi connectivity index (χ0) is 17.0. The van der Waals surface area contributed by atoms with Crippen molar-refractivity contribution in [1.29, 1.82) is 0 Å². The minimum atomic E-state index is -0.804. The highest BCUT2D eigenvalue weighted by Crippen LogP contribution is 2.24. The van der Waals surface area contributed by atoms with E-state index in [2.05, 4.69) is 5.32 Å². The zero-order valence-electron chi connectivity index (χ0n) is 13.1. The molecule has 0 saturated heterocycles. The molecule has 0 radical (unpaired) electrons. The van der Waals surface area contributed by atoms with Gasteiger partial charge >= 0.3 is 0 Å².